The molecule has 0 aliphatic carbocycles. The molecule has 1 aromatic carbocycles. The fourth-order valence-electron chi connectivity index (χ4n) is 1.65. The van der Waals surface area contributed by atoms with E-state index < -0.39 is 10.8 Å². The highest BCUT2D eigenvalue weighted by Crippen LogP contribution is 2.22. The first-order chi connectivity index (χ1) is 9.74. The molecule has 0 amide bonds. The van der Waals surface area contributed by atoms with E-state index >= 15 is 0 Å². The number of aryl methyl sites for hydroxylation is 1. The molecule has 0 spiro atoms. The second-order valence-electron chi connectivity index (χ2n) is 4.18. The number of nitrogens with zero attached hydrogens (tertiary/aromatic N) is 3. The van der Waals surface area contributed by atoms with Gasteiger partial charge in [-0.2, -0.15) is 4.37 Å². The molecular weight excluding hydrogens is 290 g/mol. The average Bonchev–Trinajstić information content (AvgIpc) is 2.98. The van der Waals surface area contributed by atoms with Crippen LogP contribution < -0.4 is 0 Å². The van der Waals surface area contributed by atoms with Gasteiger partial charge in [0.1, 0.15) is 16.5 Å². The van der Waals surface area contributed by atoms with Gasteiger partial charge in [0, 0.05) is 11.1 Å². The first-order valence-electron chi connectivity index (χ1n) is 5.97. The van der Waals surface area contributed by atoms with E-state index in [1.807, 2.05) is 49.4 Å². The zero-order valence-electron chi connectivity index (χ0n) is 10.7. The molecule has 2 aromatic heterocycles. The van der Waals surface area contributed by atoms with Crippen LogP contribution in [-0.4, -0.2) is 18.6 Å². The van der Waals surface area contributed by atoms with Gasteiger partial charge in [-0.15, -0.1) is 0 Å². The Hall–Kier alpha value is -1.92. The predicted molar refractivity (Wildman–Crippen MR) is 79.0 cm³/mol. The molecule has 0 fully saturated rings. The summed E-state index contributed by atoms with van der Waals surface area (Å²) in [4.78, 5) is 9.25. The molecule has 0 aliphatic rings. The van der Waals surface area contributed by atoms with Crippen molar-refractivity contribution >= 4 is 22.3 Å². The van der Waals surface area contributed by atoms with Crippen molar-refractivity contribution in [1.82, 2.24) is 14.3 Å². The maximum Gasteiger partial charge on any atom is 0.205 e. The van der Waals surface area contributed by atoms with E-state index in [0.717, 1.165) is 22.0 Å². The van der Waals surface area contributed by atoms with Crippen molar-refractivity contribution in [3.63, 3.8) is 0 Å². The third-order valence-electron chi connectivity index (χ3n) is 2.70. The highest BCUT2D eigenvalue weighted by atomic mass is 32.2. The van der Waals surface area contributed by atoms with Crippen LogP contribution in [0.25, 0.3) is 11.5 Å². The molecule has 3 rings (SSSR count). The van der Waals surface area contributed by atoms with Crippen molar-refractivity contribution in [2.45, 2.75) is 16.2 Å². The minimum Gasteiger partial charge on any atom is -0.253 e. The minimum absolute atomic E-state index is 0.495. The molecule has 100 valence electrons. The lowest BCUT2D eigenvalue weighted by atomic mass is 10.2. The van der Waals surface area contributed by atoms with Crippen molar-refractivity contribution in [2.24, 2.45) is 0 Å². The molecule has 0 saturated carbocycles. The quantitative estimate of drug-likeness (QED) is 0.746. The Morgan fingerprint density at radius 1 is 1.10 bits per heavy atom. The van der Waals surface area contributed by atoms with E-state index in [1.165, 1.54) is 0 Å². The molecule has 1 atom stereocenters. The van der Waals surface area contributed by atoms with Crippen LogP contribution in [0.4, 0.5) is 0 Å². The van der Waals surface area contributed by atoms with E-state index in [4.69, 9.17) is 0 Å². The molecule has 0 bridgehead atoms. The van der Waals surface area contributed by atoms with Crippen molar-refractivity contribution in [2.75, 3.05) is 0 Å². The fourth-order valence-corrected chi connectivity index (χ4v) is 3.50. The molecule has 6 heteroatoms. The van der Waals surface area contributed by atoms with E-state index in [-0.39, 0.29) is 0 Å². The van der Waals surface area contributed by atoms with Crippen LogP contribution in [0.1, 0.15) is 5.56 Å². The normalized spacial score (nSPS) is 12.2. The molecule has 0 aliphatic heterocycles. The molecule has 0 N–H and O–H groups in total. The lowest BCUT2D eigenvalue weighted by molar-refractivity contribution is 0.682. The number of hydrogen-bond acceptors (Lipinski definition) is 5. The number of hydrogen-bond donors (Lipinski definition) is 0. The number of rotatable bonds is 3. The standard InChI is InChI=1S/C14H11N3OS2/c1-10-5-7-11(8-6-10)20(18)14-16-13(17-19-14)12-4-2-3-9-15-12/h2-9H,1H3. The van der Waals surface area contributed by atoms with E-state index in [0.29, 0.717) is 15.9 Å². The summed E-state index contributed by atoms with van der Waals surface area (Å²) in [5, 5.41) is 0. The SMILES string of the molecule is Cc1ccc(S(=O)c2nc(-c3ccccn3)ns2)cc1. The van der Waals surface area contributed by atoms with Gasteiger partial charge in [0.15, 0.2) is 5.82 Å². The molecule has 4 nitrogen and oxygen atoms in total. The molecular formula is C14H11N3OS2. The summed E-state index contributed by atoms with van der Waals surface area (Å²) in [7, 11) is -1.29. The zero-order chi connectivity index (χ0) is 13.9. The second-order valence-corrected chi connectivity index (χ2v) is 6.59. The molecule has 3 aromatic rings. The van der Waals surface area contributed by atoms with Crippen molar-refractivity contribution in [1.29, 1.82) is 0 Å². The average molecular weight is 301 g/mol. The van der Waals surface area contributed by atoms with Crippen LogP contribution >= 0.6 is 11.5 Å². The Labute approximate surface area is 123 Å². The lowest BCUT2D eigenvalue weighted by Crippen LogP contribution is -1.92. The number of pyridine rings is 1. The summed E-state index contributed by atoms with van der Waals surface area (Å²) in [6, 6.07) is 13.1. The van der Waals surface area contributed by atoms with Crippen LogP contribution in [0.15, 0.2) is 57.9 Å². The van der Waals surface area contributed by atoms with Gasteiger partial charge in [0.2, 0.25) is 4.34 Å². The van der Waals surface area contributed by atoms with Gasteiger partial charge < -0.3 is 0 Å². The monoisotopic (exact) mass is 301 g/mol. The number of benzene rings is 1. The van der Waals surface area contributed by atoms with Gasteiger partial charge in [-0.25, -0.2) is 9.19 Å². The third-order valence-corrected chi connectivity index (χ3v) is 4.99. The minimum atomic E-state index is -1.29. The third kappa shape index (κ3) is 2.66. The van der Waals surface area contributed by atoms with Crippen molar-refractivity contribution in [3.05, 3.63) is 54.2 Å². The van der Waals surface area contributed by atoms with Crippen molar-refractivity contribution < 1.29 is 4.21 Å². The molecule has 2 heterocycles. The molecule has 20 heavy (non-hydrogen) atoms. The van der Waals surface area contributed by atoms with Crippen LogP contribution in [-0.2, 0) is 10.8 Å². The fraction of sp³-hybridized carbons (Fsp3) is 0.0714. The summed E-state index contributed by atoms with van der Waals surface area (Å²) < 4.78 is 17.1. The first kappa shape index (κ1) is 13.1. The van der Waals surface area contributed by atoms with Gasteiger partial charge in [-0.05, 0) is 42.7 Å². The predicted octanol–water partition coefficient (Wildman–Crippen LogP) is 3.08. The van der Waals surface area contributed by atoms with Gasteiger partial charge in [-0.3, -0.25) is 4.98 Å². The Morgan fingerprint density at radius 2 is 1.90 bits per heavy atom. The van der Waals surface area contributed by atoms with Crippen LogP contribution in [0.5, 0.6) is 0 Å². The molecule has 1 unspecified atom stereocenters. The van der Waals surface area contributed by atoms with E-state index in [1.54, 1.807) is 6.20 Å². The van der Waals surface area contributed by atoms with Crippen LogP contribution in [0.2, 0.25) is 0 Å². The largest absolute Gasteiger partial charge is 0.253 e. The smallest absolute Gasteiger partial charge is 0.205 e. The summed E-state index contributed by atoms with van der Waals surface area (Å²) in [6.45, 7) is 2.00. The molecule has 0 radical (unpaired) electrons. The van der Waals surface area contributed by atoms with Crippen LogP contribution in [0, 0.1) is 6.92 Å². The summed E-state index contributed by atoms with van der Waals surface area (Å²) in [5.74, 6) is 0.520. The highest BCUT2D eigenvalue weighted by molar-refractivity contribution is 7.87. The van der Waals surface area contributed by atoms with Gasteiger partial charge >= 0.3 is 0 Å². The van der Waals surface area contributed by atoms with Gasteiger partial charge in [-0.1, -0.05) is 23.8 Å². The maximum atomic E-state index is 12.4. The zero-order valence-corrected chi connectivity index (χ0v) is 12.3. The topological polar surface area (TPSA) is 55.7 Å². The molecule has 0 saturated heterocycles. The summed E-state index contributed by atoms with van der Waals surface area (Å²) >= 11 is 1.15. The van der Waals surface area contributed by atoms with Crippen molar-refractivity contribution in [3.8, 4) is 11.5 Å². The maximum absolute atomic E-state index is 12.4. The van der Waals surface area contributed by atoms with E-state index in [9.17, 15) is 4.21 Å². The lowest BCUT2D eigenvalue weighted by Gasteiger charge is -1.98. The Balaban J connectivity index is 1.90. The summed E-state index contributed by atoms with van der Waals surface area (Å²) in [6.07, 6.45) is 1.69. The van der Waals surface area contributed by atoms with E-state index in [2.05, 4.69) is 14.3 Å². The van der Waals surface area contributed by atoms with Crippen LogP contribution in [0.3, 0.4) is 0 Å². The van der Waals surface area contributed by atoms with Gasteiger partial charge in [0.25, 0.3) is 0 Å². The Kier molecular flexibility index (Phi) is 3.66. The number of aromatic nitrogens is 3. The Bertz CT molecular complexity index is 739. The first-order valence-corrected chi connectivity index (χ1v) is 7.90. The van der Waals surface area contributed by atoms with Gasteiger partial charge in [0.05, 0.1) is 0 Å². The second kappa shape index (κ2) is 5.60. The Morgan fingerprint density at radius 3 is 2.60 bits per heavy atom. The summed E-state index contributed by atoms with van der Waals surface area (Å²) in [5.41, 5.74) is 1.83. The highest BCUT2D eigenvalue weighted by Gasteiger charge is 2.14.